The molecule has 0 heterocycles. The fourth-order valence-corrected chi connectivity index (χ4v) is 2.73. The van der Waals surface area contributed by atoms with Gasteiger partial charge in [0.1, 0.15) is 0 Å². The van der Waals surface area contributed by atoms with Gasteiger partial charge in [0.2, 0.25) is 5.91 Å². The van der Waals surface area contributed by atoms with Crippen LogP contribution in [-0.4, -0.2) is 16.4 Å². The van der Waals surface area contributed by atoms with Gasteiger partial charge in [-0.15, -0.1) is 0 Å². The largest absolute Gasteiger partial charge is 0.392 e. The van der Waals surface area contributed by atoms with Crippen molar-refractivity contribution in [3.63, 3.8) is 0 Å². The van der Waals surface area contributed by atoms with E-state index < -0.39 is 5.41 Å². The number of amides is 1. The summed E-state index contributed by atoms with van der Waals surface area (Å²) in [5.74, 6) is 0.670. The first-order valence-corrected chi connectivity index (χ1v) is 6.42. The molecule has 2 aliphatic rings. The van der Waals surface area contributed by atoms with Crippen LogP contribution in [0.4, 0.5) is 0 Å². The van der Waals surface area contributed by atoms with Crippen molar-refractivity contribution < 1.29 is 4.79 Å². The van der Waals surface area contributed by atoms with Gasteiger partial charge in [-0.2, -0.15) is 0 Å². The summed E-state index contributed by atoms with van der Waals surface area (Å²) < 4.78 is 0. The highest BCUT2D eigenvalue weighted by atomic mass is 32.1. The smallest absolute Gasteiger partial charge is 0.233 e. The zero-order valence-electron chi connectivity index (χ0n) is 10.0. The number of thiocarbonyl (C=S) groups is 1. The van der Waals surface area contributed by atoms with Crippen LogP contribution >= 0.6 is 12.2 Å². The molecule has 1 amide bonds. The van der Waals surface area contributed by atoms with Crippen molar-refractivity contribution in [2.45, 2.75) is 51.5 Å². The molecule has 90 valence electrons. The van der Waals surface area contributed by atoms with Gasteiger partial charge in [0.15, 0.2) is 0 Å². The van der Waals surface area contributed by atoms with Crippen molar-refractivity contribution >= 4 is 23.1 Å². The van der Waals surface area contributed by atoms with Gasteiger partial charge >= 0.3 is 0 Å². The van der Waals surface area contributed by atoms with E-state index in [4.69, 9.17) is 18.0 Å². The molecule has 0 aliphatic heterocycles. The standard InChI is InChI=1S/C12H20N2OS/c1-11(2,8-4-5-8)14-10(15)12(9(13)16)6-3-7-12/h8H,3-7H2,1-2H3,(H2,13,16)(H,14,15). The van der Waals surface area contributed by atoms with E-state index in [-0.39, 0.29) is 11.4 Å². The third kappa shape index (κ3) is 1.83. The Hall–Kier alpha value is -0.640. The highest BCUT2D eigenvalue weighted by molar-refractivity contribution is 7.80. The summed E-state index contributed by atoms with van der Waals surface area (Å²) in [7, 11) is 0. The summed E-state index contributed by atoms with van der Waals surface area (Å²) in [6.45, 7) is 4.18. The minimum atomic E-state index is -0.540. The molecule has 2 fully saturated rings. The Balaban J connectivity index is 2.04. The molecule has 2 rings (SSSR count). The predicted octanol–water partition coefficient (Wildman–Crippen LogP) is 1.75. The molecule has 2 aliphatic carbocycles. The van der Waals surface area contributed by atoms with Crippen molar-refractivity contribution in [3.05, 3.63) is 0 Å². The average molecular weight is 240 g/mol. The molecule has 3 N–H and O–H groups in total. The topological polar surface area (TPSA) is 55.1 Å². The minimum Gasteiger partial charge on any atom is -0.392 e. The normalized spacial score (nSPS) is 23.4. The van der Waals surface area contributed by atoms with E-state index in [0.717, 1.165) is 19.3 Å². The van der Waals surface area contributed by atoms with Crippen LogP contribution in [0.1, 0.15) is 46.0 Å². The molecular formula is C12H20N2OS. The Kier molecular flexibility index (Phi) is 2.73. The number of hydrogen-bond donors (Lipinski definition) is 2. The average Bonchev–Trinajstić information content (AvgIpc) is 2.79. The lowest BCUT2D eigenvalue weighted by molar-refractivity contribution is -0.132. The maximum atomic E-state index is 12.3. The van der Waals surface area contributed by atoms with E-state index in [0.29, 0.717) is 10.9 Å². The fraction of sp³-hybridized carbons (Fsp3) is 0.833. The van der Waals surface area contributed by atoms with Crippen molar-refractivity contribution in [2.24, 2.45) is 17.1 Å². The minimum absolute atomic E-state index is 0.0446. The SMILES string of the molecule is CC(C)(NC(=O)C1(C(N)=S)CCC1)C1CC1. The van der Waals surface area contributed by atoms with E-state index in [1.54, 1.807) is 0 Å². The molecule has 0 aromatic carbocycles. The van der Waals surface area contributed by atoms with Crippen molar-refractivity contribution in [1.82, 2.24) is 5.32 Å². The maximum Gasteiger partial charge on any atom is 0.233 e. The third-order valence-corrected chi connectivity index (χ3v) is 4.54. The van der Waals surface area contributed by atoms with Gasteiger partial charge < -0.3 is 11.1 Å². The van der Waals surface area contributed by atoms with Crippen molar-refractivity contribution in [2.75, 3.05) is 0 Å². The quantitative estimate of drug-likeness (QED) is 0.736. The number of nitrogens with two attached hydrogens (primary N) is 1. The van der Waals surface area contributed by atoms with E-state index >= 15 is 0 Å². The van der Waals surface area contributed by atoms with Crippen LogP contribution in [0.5, 0.6) is 0 Å². The molecule has 0 saturated heterocycles. The molecule has 0 radical (unpaired) electrons. The second kappa shape index (κ2) is 3.69. The molecule has 0 aromatic rings. The lowest BCUT2D eigenvalue weighted by Gasteiger charge is -2.41. The number of rotatable bonds is 4. The Morgan fingerprint density at radius 1 is 1.44 bits per heavy atom. The highest BCUT2D eigenvalue weighted by Gasteiger charge is 2.49. The summed E-state index contributed by atoms with van der Waals surface area (Å²) >= 11 is 5.04. The van der Waals surface area contributed by atoms with Crippen LogP contribution < -0.4 is 11.1 Å². The summed E-state index contributed by atoms with van der Waals surface area (Å²) in [6.07, 6.45) is 5.11. The van der Waals surface area contributed by atoms with Crippen LogP contribution in [0.15, 0.2) is 0 Å². The van der Waals surface area contributed by atoms with Gasteiger partial charge in [-0.1, -0.05) is 18.6 Å². The highest BCUT2D eigenvalue weighted by Crippen LogP contribution is 2.44. The van der Waals surface area contributed by atoms with Gasteiger partial charge in [0, 0.05) is 5.54 Å². The van der Waals surface area contributed by atoms with E-state index in [9.17, 15) is 4.79 Å². The second-order valence-electron chi connectivity index (χ2n) is 5.75. The first kappa shape index (κ1) is 11.8. The van der Waals surface area contributed by atoms with Gasteiger partial charge in [0.05, 0.1) is 10.4 Å². The predicted molar refractivity (Wildman–Crippen MR) is 68.0 cm³/mol. The van der Waals surface area contributed by atoms with Crippen LogP contribution in [0.25, 0.3) is 0 Å². The van der Waals surface area contributed by atoms with Crippen LogP contribution in [-0.2, 0) is 4.79 Å². The Morgan fingerprint density at radius 2 is 2.00 bits per heavy atom. The Labute approximate surface area is 102 Å². The number of hydrogen-bond acceptors (Lipinski definition) is 2. The molecule has 0 unspecified atom stereocenters. The second-order valence-corrected chi connectivity index (χ2v) is 6.19. The Morgan fingerprint density at radius 3 is 2.31 bits per heavy atom. The first-order chi connectivity index (χ1) is 7.38. The monoisotopic (exact) mass is 240 g/mol. The fourth-order valence-electron chi connectivity index (χ4n) is 2.44. The lowest BCUT2D eigenvalue weighted by atomic mass is 9.67. The van der Waals surface area contributed by atoms with E-state index in [2.05, 4.69) is 19.2 Å². The lowest BCUT2D eigenvalue weighted by Crippen LogP contribution is -2.58. The van der Waals surface area contributed by atoms with Gasteiger partial charge in [-0.05, 0) is 45.4 Å². The number of nitrogens with one attached hydrogen (secondary N) is 1. The molecule has 4 heteroatoms. The van der Waals surface area contributed by atoms with Crippen LogP contribution in [0, 0.1) is 11.3 Å². The maximum absolute atomic E-state index is 12.3. The Bertz CT molecular complexity index is 330. The molecule has 0 aromatic heterocycles. The number of carbonyl (C=O) groups excluding carboxylic acids is 1. The van der Waals surface area contributed by atoms with Crippen LogP contribution in [0.3, 0.4) is 0 Å². The van der Waals surface area contributed by atoms with E-state index in [1.807, 2.05) is 0 Å². The molecule has 0 atom stereocenters. The van der Waals surface area contributed by atoms with Crippen molar-refractivity contribution in [1.29, 1.82) is 0 Å². The van der Waals surface area contributed by atoms with E-state index in [1.165, 1.54) is 12.8 Å². The van der Waals surface area contributed by atoms with Gasteiger partial charge in [-0.3, -0.25) is 4.79 Å². The molecule has 0 spiro atoms. The molecule has 3 nitrogen and oxygen atoms in total. The molecular weight excluding hydrogens is 220 g/mol. The summed E-state index contributed by atoms with van der Waals surface area (Å²) in [6, 6.07) is 0. The molecule has 2 saturated carbocycles. The zero-order chi connectivity index (χ0) is 12.0. The summed E-state index contributed by atoms with van der Waals surface area (Å²) in [5, 5.41) is 3.14. The summed E-state index contributed by atoms with van der Waals surface area (Å²) in [4.78, 5) is 12.6. The van der Waals surface area contributed by atoms with Gasteiger partial charge in [0.25, 0.3) is 0 Å². The first-order valence-electron chi connectivity index (χ1n) is 6.01. The number of carbonyl (C=O) groups is 1. The summed E-state index contributed by atoms with van der Waals surface area (Å²) in [5.41, 5.74) is 5.07. The third-order valence-electron chi connectivity index (χ3n) is 4.15. The molecule has 0 bridgehead atoms. The zero-order valence-corrected chi connectivity index (χ0v) is 10.8. The van der Waals surface area contributed by atoms with Gasteiger partial charge in [-0.25, -0.2) is 0 Å². The van der Waals surface area contributed by atoms with Crippen molar-refractivity contribution in [3.8, 4) is 0 Å². The molecule has 16 heavy (non-hydrogen) atoms. The van der Waals surface area contributed by atoms with Crippen LogP contribution in [0.2, 0.25) is 0 Å².